The maximum Gasteiger partial charge on any atom is 0.270 e. The van der Waals surface area contributed by atoms with Crippen LogP contribution in [0.15, 0.2) is 35.4 Å². The average molecular weight is 313 g/mol. The Labute approximate surface area is 137 Å². The van der Waals surface area contributed by atoms with Crippen molar-refractivity contribution in [2.24, 2.45) is 5.10 Å². The molecule has 122 valence electrons. The normalized spacial score (nSPS) is 25.3. The number of nitrogens with zero attached hydrogens (tertiary/aromatic N) is 3. The molecule has 2 unspecified atom stereocenters. The second-order valence-electron chi connectivity index (χ2n) is 6.43. The van der Waals surface area contributed by atoms with Crippen molar-refractivity contribution in [3.05, 3.63) is 30.3 Å². The maximum atomic E-state index is 12.9. The molecular formula is C18H23N3O2. The van der Waals surface area contributed by atoms with E-state index in [-0.39, 0.29) is 23.9 Å². The van der Waals surface area contributed by atoms with Gasteiger partial charge in [0.1, 0.15) is 5.71 Å². The summed E-state index contributed by atoms with van der Waals surface area (Å²) in [4.78, 5) is 27.0. The Balaban J connectivity index is 1.86. The Morgan fingerprint density at radius 1 is 1.09 bits per heavy atom. The van der Waals surface area contributed by atoms with Crippen molar-refractivity contribution >= 4 is 23.2 Å². The third-order valence-electron chi connectivity index (χ3n) is 4.71. The molecule has 0 N–H and O–H groups in total. The van der Waals surface area contributed by atoms with E-state index in [0.717, 1.165) is 19.3 Å². The van der Waals surface area contributed by atoms with Gasteiger partial charge in [0.15, 0.2) is 0 Å². The number of piperidine rings is 1. The van der Waals surface area contributed by atoms with Crippen LogP contribution in [0.25, 0.3) is 0 Å². The van der Waals surface area contributed by atoms with Gasteiger partial charge in [-0.2, -0.15) is 5.10 Å². The first-order valence-corrected chi connectivity index (χ1v) is 8.36. The SMILES string of the molecule is CC1CCCC(C)N1C(=O)C1=NN(c2ccccc2)C(=O)CC1. The minimum absolute atomic E-state index is 0.0156. The van der Waals surface area contributed by atoms with Crippen LogP contribution in [0, 0.1) is 0 Å². The highest BCUT2D eigenvalue weighted by Crippen LogP contribution is 2.25. The molecule has 0 spiro atoms. The highest BCUT2D eigenvalue weighted by atomic mass is 16.2. The smallest absolute Gasteiger partial charge is 0.270 e. The fraction of sp³-hybridized carbons (Fsp3) is 0.500. The van der Waals surface area contributed by atoms with Gasteiger partial charge in [-0.25, -0.2) is 5.01 Å². The molecule has 5 nitrogen and oxygen atoms in total. The van der Waals surface area contributed by atoms with Gasteiger partial charge in [-0.05, 0) is 45.2 Å². The van der Waals surface area contributed by atoms with Gasteiger partial charge in [-0.1, -0.05) is 18.2 Å². The van der Waals surface area contributed by atoms with Crippen LogP contribution in [0.4, 0.5) is 5.69 Å². The van der Waals surface area contributed by atoms with Gasteiger partial charge < -0.3 is 4.90 Å². The minimum atomic E-state index is -0.0625. The maximum absolute atomic E-state index is 12.9. The number of para-hydroxylation sites is 1. The molecule has 23 heavy (non-hydrogen) atoms. The molecule has 5 heteroatoms. The number of rotatable bonds is 2. The fourth-order valence-electron chi connectivity index (χ4n) is 3.45. The number of carbonyl (C=O) groups is 2. The number of benzene rings is 1. The highest BCUT2D eigenvalue weighted by Gasteiger charge is 2.34. The summed E-state index contributed by atoms with van der Waals surface area (Å²) in [6.07, 6.45) is 3.98. The summed E-state index contributed by atoms with van der Waals surface area (Å²) in [6.45, 7) is 4.19. The number of hydrazone groups is 1. The molecule has 2 amide bonds. The zero-order valence-electron chi connectivity index (χ0n) is 13.7. The zero-order valence-corrected chi connectivity index (χ0v) is 13.7. The number of carbonyl (C=O) groups excluding carboxylic acids is 2. The summed E-state index contributed by atoms with van der Waals surface area (Å²) in [5.74, 6) is -0.0781. The molecule has 0 radical (unpaired) electrons. The monoisotopic (exact) mass is 313 g/mol. The molecule has 2 heterocycles. The Bertz CT molecular complexity index is 616. The van der Waals surface area contributed by atoms with Gasteiger partial charge >= 0.3 is 0 Å². The van der Waals surface area contributed by atoms with E-state index in [1.165, 1.54) is 5.01 Å². The Kier molecular flexibility index (Phi) is 4.46. The Morgan fingerprint density at radius 3 is 2.39 bits per heavy atom. The summed E-state index contributed by atoms with van der Waals surface area (Å²) in [7, 11) is 0. The minimum Gasteiger partial charge on any atom is -0.332 e. The van der Waals surface area contributed by atoms with Crippen LogP contribution in [-0.4, -0.2) is 34.5 Å². The molecule has 0 saturated carbocycles. The molecule has 2 aliphatic heterocycles. The van der Waals surface area contributed by atoms with Crippen molar-refractivity contribution in [2.75, 3.05) is 5.01 Å². The van der Waals surface area contributed by atoms with E-state index in [4.69, 9.17) is 0 Å². The van der Waals surface area contributed by atoms with E-state index >= 15 is 0 Å². The van der Waals surface area contributed by atoms with Crippen molar-refractivity contribution in [3.63, 3.8) is 0 Å². The average Bonchev–Trinajstić information content (AvgIpc) is 2.56. The number of hydrogen-bond donors (Lipinski definition) is 0. The first-order valence-electron chi connectivity index (χ1n) is 8.36. The van der Waals surface area contributed by atoms with Gasteiger partial charge in [-0.15, -0.1) is 0 Å². The molecule has 0 aliphatic carbocycles. The molecule has 1 saturated heterocycles. The van der Waals surface area contributed by atoms with Crippen LogP contribution in [-0.2, 0) is 9.59 Å². The van der Waals surface area contributed by atoms with Crippen LogP contribution < -0.4 is 5.01 Å². The third kappa shape index (κ3) is 3.14. The quantitative estimate of drug-likeness (QED) is 0.843. The van der Waals surface area contributed by atoms with Crippen molar-refractivity contribution in [3.8, 4) is 0 Å². The van der Waals surface area contributed by atoms with Crippen molar-refractivity contribution in [1.29, 1.82) is 0 Å². The lowest BCUT2D eigenvalue weighted by Crippen LogP contribution is -2.51. The van der Waals surface area contributed by atoms with E-state index in [1.54, 1.807) is 0 Å². The largest absolute Gasteiger partial charge is 0.332 e. The van der Waals surface area contributed by atoms with E-state index in [0.29, 0.717) is 24.2 Å². The molecule has 0 aromatic heterocycles. The summed E-state index contributed by atoms with van der Waals surface area (Å²) in [6, 6.07) is 9.76. The second-order valence-corrected chi connectivity index (χ2v) is 6.43. The molecule has 2 atom stereocenters. The molecule has 3 rings (SSSR count). The Hall–Kier alpha value is -2.17. The van der Waals surface area contributed by atoms with Crippen LogP contribution >= 0.6 is 0 Å². The number of hydrogen-bond acceptors (Lipinski definition) is 3. The van der Waals surface area contributed by atoms with E-state index in [2.05, 4.69) is 18.9 Å². The lowest BCUT2D eigenvalue weighted by molar-refractivity contribution is -0.130. The topological polar surface area (TPSA) is 53.0 Å². The summed E-state index contributed by atoms with van der Waals surface area (Å²) in [5, 5.41) is 5.76. The first kappa shape index (κ1) is 15.7. The van der Waals surface area contributed by atoms with Gasteiger partial charge in [0.25, 0.3) is 5.91 Å². The number of amides is 2. The zero-order chi connectivity index (χ0) is 16.4. The van der Waals surface area contributed by atoms with Crippen molar-refractivity contribution in [2.45, 2.75) is 58.0 Å². The van der Waals surface area contributed by atoms with E-state index in [9.17, 15) is 9.59 Å². The third-order valence-corrected chi connectivity index (χ3v) is 4.71. The molecule has 1 aromatic carbocycles. The highest BCUT2D eigenvalue weighted by molar-refractivity contribution is 6.40. The predicted octanol–water partition coefficient (Wildman–Crippen LogP) is 2.96. The predicted molar refractivity (Wildman–Crippen MR) is 90.2 cm³/mol. The molecule has 0 bridgehead atoms. The first-order chi connectivity index (χ1) is 11.1. The molecular weight excluding hydrogens is 290 g/mol. The van der Waals surface area contributed by atoms with E-state index < -0.39 is 0 Å². The van der Waals surface area contributed by atoms with Crippen LogP contribution in [0.1, 0.15) is 46.0 Å². The second kappa shape index (κ2) is 6.52. The van der Waals surface area contributed by atoms with Gasteiger partial charge in [-0.3, -0.25) is 9.59 Å². The van der Waals surface area contributed by atoms with Gasteiger partial charge in [0.05, 0.1) is 5.69 Å². The molecule has 2 aliphatic rings. The van der Waals surface area contributed by atoms with Crippen LogP contribution in [0.5, 0.6) is 0 Å². The van der Waals surface area contributed by atoms with Crippen molar-refractivity contribution < 1.29 is 9.59 Å². The Morgan fingerprint density at radius 2 is 1.74 bits per heavy atom. The molecule has 1 aromatic rings. The number of likely N-dealkylation sites (tertiary alicyclic amines) is 1. The standard InChI is InChI=1S/C18H23N3O2/c1-13-7-6-8-14(2)20(13)18(23)16-11-12-17(22)21(19-16)15-9-4-3-5-10-15/h3-5,9-10,13-14H,6-8,11-12H2,1-2H3. The lowest BCUT2D eigenvalue weighted by Gasteiger charge is -2.39. The van der Waals surface area contributed by atoms with Crippen LogP contribution in [0.3, 0.4) is 0 Å². The number of anilines is 1. The lowest BCUT2D eigenvalue weighted by atomic mass is 9.96. The summed E-state index contributed by atoms with van der Waals surface area (Å²) in [5.41, 5.74) is 1.20. The van der Waals surface area contributed by atoms with Gasteiger partial charge in [0.2, 0.25) is 5.91 Å². The van der Waals surface area contributed by atoms with Gasteiger partial charge in [0, 0.05) is 24.9 Å². The van der Waals surface area contributed by atoms with Crippen LogP contribution in [0.2, 0.25) is 0 Å². The summed E-state index contributed by atoms with van der Waals surface area (Å²) >= 11 is 0. The molecule has 1 fully saturated rings. The summed E-state index contributed by atoms with van der Waals surface area (Å²) < 4.78 is 0. The van der Waals surface area contributed by atoms with E-state index in [1.807, 2.05) is 35.2 Å². The van der Waals surface area contributed by atoms with Crippen molar-refractivity contribution in [1.82, 2.24) is 4.90 Å². The fourth-order valence-corrected chi connectivity index (χ4v) is 3.45.